The van der Waals surface area contributed by atoms with E-state index in [0.717, 1.165) is 16.6 Å². The van der Waals surface area contributed by atoms with Gasteiger partial charge in [0.15, 0.2) is 0 Å². The van der Waals surface area contributed by atoms with E-state index >= 15 is 0 Å². The van der Waals surface area contributed by atoms with Crippen molar-refractivity contribution in [2.24, 2.45) is 0 Å². The molecule has 0 atom stereocenters. The van der Waals surface area contributed by atoms with Gasteiger partial charge in [-0.25, -0.2) is 9.37 Å². The van der Waals surface area contributed by atoms with Crippen LogP contribution in [0.4, 0.5) is 4.39 Å². The first-order valence-electron chi connectivity index (χ1n) is 6.75. The molecular weight excluding hydrogens is 265 g/mol. The third-order valence-electron chi connectivity index (χ3n) is 3.51. The Morgan fingerprint density at radius 2 is 2.05 bits per heavy atom. The molecule has 2 aromatic carbocycles. The van der Waals surface area contributed by atoms with Crippen molar-refractivity contribution in [1.29, 1.82) is 5.26 Å². The van der Waals surface area contributed by atoms with Gasteiger partial charge in [-0.15, -0.1) is 0 Å². The van der Waals surface area contributed by atoms with Crippen LogP contribution in [0.2, 0.25) is 0 Å². The van der Waals surface area contributed by atoms with Crippen LogP contribution < -0.4 is 0 Å². The highest BCUT2D eigenvalue weighted by atomic mass is 19.1. The number of hydrogen-bond donors (Lipinski definition) is 0. The number of aryl methyl sites for hydroxylation is 1. The molecule has 0 fully saturated rings. The Labute approximate surface area is 122 Å². The second-order valence-corrected chi connectivity index (χ2v) is 5.03. The minimum absolute atomic E-state index is 0.210. The predicted octanol–water partition coefficient (Wildman–Crippen LogP) is 3.60. The summed E-state index contributed by atoms with van der Waals surface area (Å²) in [4.78, 5) is 4.51. The van der Waals surface area contributed by atoms with Crippen molar-refractivity contribution in [2.45, 2.75) is 19.9 Å². The van der Waals surface area contributed by atoms with E-state index in [1.807, 2.05) is 35.8 Å². The highest BCUT2D eigenvalue weighted by Crippen LogP contribution is 2.20. The Morgan fingerprint density at radius 3 is 2.81 bits per heavy atom. The van der Waals surface area contributed by atoms with E-state index < -0.39 is 0 Å². The van der Waals surface area contributed by atoms with Crippen molar-refractivity contribution in [3.8, 4) is 6.07 Å². The average Bonchev–Trinajstić information content (AvgIpc) is 2.79. The molecule has 0 amide bonds. The van der Waals surface area contributed by atoms with Crippen LogP contribution in [0, 0.1) is 24.1 Å². The molecule has 0 aliphatic rings. The maximum Gasteiger partial charge on any atom is 0.128 e. The SMILES string of the molecule is Cc1ccc2c(c1)nc(CC#N)n2Cc1ccccc1F. The van der Waals surface area contributed by atoms with Crippen molar-refractivity contribution in [1.82, 2.24) is 9.55 Å². The lowest BCUT2D eigenvalue weighted by Crippen LogP contribution is -2.06. The van der Waals surface area contributed by atoms with Crippen molar-refractivity contribution in [2.75, 3.05) is 0 Å². The van der Waals surface area contributed by atoms with Crippen LogP contribution in [0.3, 0.4) is 0 Å². The summed E-state index contributed by atoms with van der Waals surface area (Å²) in [6, 6.07) is 14.8. The van der Waals surface area contributed by atoms with Crippen LogP contribution in [0.15, 0.2) is 42.5 Å². The van der Waals surface area contributed by atoms with Gasteiger partial charge in [-0.1, -0.05) is 24.3 Å². The molecule has 0 bridgehead atoms. The Morgan fingerprint density at radius 1 is 1.24 bits per heavy atom. The Balaban J connectivity index is 2.14. The molecule has 0 unspecified atom stereocenters. The quantitative estimate of drug-likeness (QED) is 0.735. The fourth-order valence-corrected chi connectivity index (χ4v) is 2.47. The molecule has 3 rings (SSSR count). The smallest absolute Gasteiger partial charge is 0.128 e. The number of benzene rings is 2. The lowest BCUT2D eigenvalue weighted by Gasteiger charge is -2.08. The van der Waals surface area contributed by atoms with Crippen molar-refractivity contribution < 1.29 is 4.39 Å². The number of nitriles is 1. The van der Waals surface area contributed by atoms with E-state index in [2.05, 4.69) is 11.1 Å². The summed E-state index contributed by atoms with van der Waals surface area (Å²) in [6.45, 7) is 2.38. The molecule has 0 spiro atoms. The molecular formula is C17H14FN3. The fourth-order valence-electron chi connectivity index (χ4n) is 2.47. The van der Waals surface area contributed by atoms with Gasteiger partial charge >= 0.3 is 0 Å². The summed E-state index contributed by atoms with van der Waals surface area (Å²) in [5, 5.41) is 8.97. The number of fused-ring (bicyclic) bond motifs is 1. The maximum absolute atomic E-state index is 13.9. The summed E-state index contributed by atoms with van der Waals surface area (Å²) < 4.78 is 15.8. The van der Waals surface area contributed by atoms with Gasteiger partial charge in [0.25, 0.3) is 0 Å². The van der Waals surface area contributed by atoms with Gasteiger partial charge in [0, 0.05) is 5.56 Å². The first-order chi connectivity index (χ1) is 10.2. The third kappa shape index (κ3) is 2.50. The summed E-state index contributed by atoms with van der Waals surface area (Å²) >= 11 is 0. The molecule has 0 aliphatic carbocycles. The van der Waals surface area contributed by atoms with Crippen molar-refractivity contribution in [3.63, 3.8) is 0 Å². The Hall–Kier alpha value is -2.67. The van der Waals surface area contributed by atoms with E-state index in [-0.39, 0.29) is 12.2 Å². The molecule has 0 aliphatic heterocycles. The van der Waals surface area contributed by atoms with Gasteiger partial charge in [-0.2, -0.15) is 5.26 Å². The van der Waals surface area contributed by atoms with E-state index in [4.69, 9.17) is 5.26 Å². The topological polar surface area (TPSA) is 41.6 Å². The van der Waals surface area contributed by atoms with Gasteiger partial charge in [-0.3, -0.25) is 0 Å². The first-order valence-corrected chi connectivity index (χ1v) is 6.75. The average molecular weight is 279 g/mol. The normalized spacial score (nSPS) is 10.7. The molecule has 0 saturated carbocycles. The summed E-state index contributed by atoms with van der Waals surface area (Å²) in [7, 11) is 0. The zero-order chi connectivity index (χ0) is 14.8. The van der Waals surface area contributed by atoms with E-state index in [1.54, 1.807) is 12.1 Å². The molecule has 1 heterocycles. The number of imidazole rings is 1. The molecule has 0 radical (unpaired) electrons. The lowest BCUT2D eigenvalue weighted by atomic mass is 10.2. The molecule has 21 heavy (non-hydrogen) atoms. The zero-order valence-corrected chi connectivity index (χ0v) is 11.7. The minimum Gasteiger partial charge on any atom is -0.323 e. The maximum atomic E-state index is 13.9. The summed E-state index contributed by atoms with van der Waals surface area (Å²) in [5.41, 5.74) is 3.48. The van der Waals surface area contributed by atoms with Gasteiger partial charge in [0.1, 0.15) is 11.6 Å². The van der Waals surface area contributed by atoms with E-state index in [9.17, 15) is 4.39 Å². The van der Waals surface area contributed by atoms with Crippen LogP contribution >= 0.6 is 0 Å². The number of rotatable bonds is 3. The Kier molecular flexibility index (Phi) is 3.41. The van der Waals surface area contributed by atoms with Crippen LogP contribution in [-0.4, -0.2) is 9.55 Å². The number of halogens is 1. The first kappa shape index (κ1) is 13.3. The van der Waals surface area contributed by atoms with Crippen LogP contribution in [0.5, 0.6) is 0 Å². The standard InChI is InChI=1S/C17H14FN3/c1-12-6-7-16-15(10-12)20-17(8-9-19)21(16)11-13-4-2-3-5-14(13)18/h2-7,10H,8,11H2,1H3. The van der Waals surface area contributed by atoms with Crippen LogP contribution in [0.25, 0.3) is 11.0 Å². The summed E-state index contributed by atoms with van der Waals surface area (Å²) in [6.07, 6.45) is 0.210. The number of hydrogen-bond acceptors (Lipinski definition) is 2. The van der Waals surface area contributed by atoms with Gasteiger partial charge in [0.2, 0.25) is 0 Å². The van der Waals surface area contributed by atoms with Gasteiger partial charge in [0.05, 0.1) is 30.1 Å². The third-order valence-corrected chi connectivity index (χ3v) is 3.51. The molecule has 3 nitrogen and oxygen atoms in total. The van der Waals surface area contributed by atoms with Crippen molar-refractivity contribution in [3.05, 3.63) is 65.2 Å². The second-order valence-electron chi connectivity index (χ2n) is 5.03. The number of nitrogens with zero attached hydrogens (tertiary/aromatic N) is 3. The largest absolute Gasteiger partial charge is 0.323 e. The molecule has 0 saturated heterocycles. The molecule has 4 heteroatoms. The van der Waals surface area contributed by atoms with Crippen molar-refractivity contribution >= 4 is 11.0 Å². The minimum atomic E-state index is -0.241. The summed E-state index contributed by atoms with van der Waals surface area (Å²) in [5.74, 6) is 0.427. The molecule has 1 aromatic heterocycles. The predicted molar refractivity (Wildman–Crippen MR) is 79.3 cm³/mol. The molecule has 3 aromatic rings. The zero-order valence-electron chi connectivity index (χ0n) is 11.7. The second kappa shape index (κ2) is 5.37. The molecule has 0 N–H and O–H groups in total. The van der Waals surface area contributed by atoms with Crippen LogP contribution in [-0.2, 0) is 13.0 Å². The lowest BCUT2D eigenvalue weighted by molar-refractivity contribution is 0.598. The molecule has 104 valence electrons. The Bertz CT molecular complexity index is 843. The van der Waals surface area contributed by atoms with E-state index in [1.165, 1.54) is 6.07 Å². The van der Waals surface area contributed by atoms with Gasteiger partial charge < -0.3 is 4.57 Å². The highest BCUT2D eigenvalue weighted by Gasteiger charge is 2.12. The monoisotopic (exact) mass is 279 g/mol. The van der Waals surface area contributed by atoms with E-state index in [0.29, 0.717) is 17.9 Å². The number of aromatic nitrogens is 2. The highest BCUT2D eigenvalue weighted by molar-refractivity contribution is 5.77. The van der Waals surface area contributed by atoms with Gasteiger partial charge in [-0.05, 0) is 30.7 Å². The van der Waals surface area contributed by atoms with Crippen LogP contribution in [0.1, 0.15) is 17.0 Å². The fraction of sp³-hybridized carbons (Fsp3) is 0.176.